The lowest BCUT2D eigenvalue weighted by Crippen LogP contribution is -2.11. The number of fused-ring (bicyclic) bond motifs is 8. The van der Waals surface area contributed by atoms with Crippen LogP contribution in [0.2, 0.25) is 0 Å². The summed E-state index contributed by atoms with van der Waals surface area (Å²) in [5.74, 6) is 7.82. The van der Waals surface area contributed by atoms with Gasteiger partial charge < -0.3 is 18.9 Å². The molecule has 0 fully saturated rings. The van der Waals surface area contributed by atoms with Crippen LogP contribution in [0.3, 0.4) is 0 Å². The van der Waals surface area contributed by atoms with Crippen molar-refractivity contribution in [3.05, 3.63) is 115 Å². The molecule has 1 aliphatic carbocycles. The van der Waals surface area contributed by atoms with Crippen LogP contribution >= 0.6 is 47.0 Å². The van der Waals surface area contributed by atoms with Crippen LogP contribution in [-0.2, 0) is 48.7 Å². The second kappa shape index (κ2) is 23.2. The molecular formula is C48H64O4S4. The molecule has 0 atom stereocenters. The number of hydrogen-bond acceptors (Lipinski definition) is 8. The first-order valence-corrected chi connectivity index (χ1v) is 26.0. The van der Waals surface area contributed by atoms with E-state index < -0.39 is 0 Å². The number of benzene rings is 4. The maximum absolute atomic E-state index is 6.85. The number of thioether (sulfide) groups is 4. The van der Waals surface area contributed by atoms with E-state index in [1.807, 2.05) is 47.0 Å². The van der Waals surface area contributed by atoms with E-state index in [0.29, 0.717) is 26.4 Å². The smallest absolute Gasteiger partial charge is 0.126 e. The van der Waals surface area contributed by atoms with Crippen molar-refractivity contribution >= 4 is 47.0 Å². The first-order valence-electron chi connectivity index (χ1n) is 20.4. The molecule has 0 amide bonds. The molecule has 0 saturated carbocycles. The summed E-state index contributed by atoms with van der Waals surface area (Å²) in [4.78, 5) is 0. The van der Waals surface area contributed by atoms with Crippen LogP contribution in [0.15, 0.2) is 48.5 Å². The van der Waals surface area contributed by atoms with Gasteiger partial charge in [-0.1, -0.05) is 76.2 Å². The van der Waals surface area contributed by atoms with Crippen LogP contribution < -0.4 is 18.9 Å². The minimum atomic E-state index is 0.670. The Kier molecular flexibility index (Phi) is 18.4. The van der Waals surface area contributed by atoms with Crippen LogP contribution in [0.25, 0.3) is 0 Å². The van der Waals surface area contributed by atoms with Crippen LogP contribution in [0, 0.1) is 0 Å². The van der Waals surface area contributed by atoms with Gasteiger partial charge in [0.1, 0.15) is 23.0 Å². The van der Waals surface area contributed by atoms with E-state index in [4.69, 9.17) is 18.9 Å². The van der Waals surface area contributed by atoms with Crippen molar-refractivity contribution in [3.8, 4) is 23.0 Å². The Morgan fingerprint density at radius 1 is 0.339 bits per heavy atom. The Hall–Kier alpha value is -2.52. The fourth-order valence-electron chi connectivity index (χ4n) is 7.74. The van der Waals surface area contributed by atoms with Gasteiger partial charge in [-0.15, -0.1) is 0 Å². The molecule has 4 nitrogen and oxygen atoms in total. The predicted octanol–water partition coefficient (Wildman–Crippen LogP) is 13.0. The van der Waals surface area contributed by atoms with Gasteiger partial charge in [-0.2, -0.15) is 47.0 Å². The number of hydrogen-bond donors (Lipinski definition) is 0. The molecule has 8 bridgehead atoms. The van der Waals surface area contributed by atoms with Crippen LogP contribution in [0.5, 0.6) is 23.0 Å². The molecule has 0 aliphatic heterocycles. The second-order valence-electron chi connectivity index (χ2n) is 14.8. The molecule has 0 radical (unpaired) electrons. The van der Waals surface area contributed by atoms with Crippen molar-refractivity contribution in [1.29, 1.82) is 0 Å². The van der Waals surface area contributed by atoms with Gasteiger partial charge in [0.25, 0.3) is 0 Å². The fraction of sp³-hybridized carbons (Fsp3) is 0.500. The van der Waals surface area contributed by atoms with E-state index in [1.165, 1.54) is 66.8 Å². The van der Waals surface area contributed by atoms with Crippen molar-refractivity contribution in [3.63, 3.8) is 0 Å². The molecule has 56 heavy (non-hydrogen) atoms. The highest BCUT2D eigenvalue weighted by Gasteiger charge is 2.24. The SMILES string of the molecule is CCCOc1c2cc(CSC)cc1Cc1cc(CSC)cc(c1OCCC)Cc1cc(CSC)cc(c1OCCC)Cc1cc(CSC)cc(c1OCCC)C2. The maximum atomic E-state index is 6.85. The molecular weight excluding hydrogens is 769 g/mol. The van der Waals surface area contributed by atoms with Crippen molar-refractivity contribution in [2.24, 2.45) is 0 Å². The van der Waals surface area contributed by atoms with Gasteiger partial charge in [0.05, 0.1) is 26.4 Å². The van der Waals surface area contributed by atoms with Crippen molar-refractivity contribution in [1.82, 2.24) is 0 Å². The van der Waals surface area contributed by atoms with E-state index in [-0.39, 0.29) is 0 Å². The fourth-order valence-corrected chi connectivity index (χ4v) is 9.74. The van der Waals surface area contributed by atoms with E-state index in [2.05, 4.69) is 101 Å². The van der Waals surface area contributed by atoms with Gasteiger partial charge in [-0.25, -0.2) is 0 Å². The number of ether oxygens (including phenoxy) is 4. The van der Waals surface area contributed by atoms with Gasteiger partial charge in [0.2, 0.25) is 0 Å². The third kappa shape index (κ3) is 11.8. The third-order valence-electron chi connectivity index (χ3n) is 9.78. The Balaban J connectivity index is 1.91. The first kappa shape index (κ1) is 44.6. The zero-order valence-corrected chi connectivity index (χ0v) is 38.5. The summed E-state index contributed by atoms with van der Waals surface area (Å²) in [5.41, 5.74) is 15.2. The first-order chi connectivity index (χ1) is 27.4. The lowest BCUT2D eigenvalue weighted by molar-refractivity contribution is 0.304. The van der Waals surface area contributed by atoms with Gasteiger partial charge >= 0.3 is 0 Å². The minimum absolute atomic E-state index is 0.670. The van der Waals surface area contributed by atoms with Gasteiger partial charge in [-0.05, 0) is 117 Å². The molecule has 5 rings (SSSR count). The molecule has 0 heterocycles. The van der Waals surface area contributed by atoms with Gasteiger partial charge in [0, 0.05) is 48.7 Å². The second-order valence-corrected chi connectivity index (χ2v) is 18.3. The molecule has 304 valence electrons. The lowest BCUT2D eigenvalue weighted by atomic mass is 9.88. The predicted molar refractivity (Wildman–Crippen MR) is 249 cm³/mol. The third-order valence-corrected chi connectivity index (χ3v) is 12.3. The zero-order chi connectivity index (χ0) is 39.9. The highest BCUT2D eigenvalue weighted by atomic mass is 32.2. The summed E-state index contributed by atoms with van der Waals surface area (Å²) in [7, 11) is 0. The summed E-state index contributed by atoms with van der Waals surface area (Å²) in [5, 5.41) is 0. The number of rotatable bonds is 20. The summed E-state index contributed by atoms with van der Waals surface area (Å²) >= 11 is 7.48. The molecule has 1 aliphatic rings. The molecule has 4 aromatic rings. The maximum Gasteiger partial charge on any atom is 0.126 e. The van der Waals surface area contributed by atoms with E-state index in [1.54, 1.807) is 0 Å². The molecule has 0 spiro atoms. The van der Waals surface area contributed by atoms with Gasteiger partial charge in [0.15, 0.2) is 0 Å². The van der Waals surface area contributed by atoms with Crippen LogP contribution in [-0.4, -0.2) is 51.5 Å². The topological polar surface area (TPSA) is 36.9 Å². The average molecular weight is 833 g/mol. The Bertz CT molecular complexity index is 1510. The quantitative estimate of drug-likeness (QED) is 0.0768. The Morgan fingerprint density at radius 2 is 0.518 bits per heavy atom. The highest BCUT2D eigenvalue weighted by Crippen LogP contribution is 2.42. The molecule has 0 aromatic heterocycles. The summed E-state index contributed by atoms with van der Waals surface area (Å²) in [6, 6.07) is 19.2. The molecule has 0 saturated heterocycles. The lowest BCUT2D eigenvalue weighted by Gasteiger charge is -2.25. The normalized spacial score (nSPS) is 12.4. The Morgan fingerprint density at radius 3 is 0.661 bits per heavy atom. The highest BCUT2D eigenvalue weighted by molar-refractivity contribution is 7.98. The van der Waals surface area contributed by atoms with Crippen molar-refractivity contribution < 1.29 is 18.9 Å². The van der Waals surface area contributed by atoms with Crippen LogP contribution in [0.1, 0.15) is 120 Å². The molecule has 4 aromatic carbocycles. The minimum Gasteiger partial charge on any atom is -0.493 e. The Labute approximate surface area is 355 Å². The molecule has 8 heteroatoms. The van der Waals surface area contributed by atoms with Crippen molar-refractivity contribution in [2.45, 2.75) is 102 Å². The molecule has 0 unspecified atom stereocenters. The average Bonchev–Trinajstić information content (AvgIpc) is 3.17. The largest absolute Gasteiger partial charge is 0.493 e. The zero-order valence-electron chi connectivity index (χ0n) is 35.2. The molecule has 0 N–H and O–H groups in total. The monoisotopic (exact) mass is 832 g/mol. The summed E-state index contributed by atoms with van der Waals surface area (Å²) in [6.45, 7) is 11.5. The van der Waals surface area contributed by atoms with Gasteiger partial charge in [-0.3, -0.25) is 0 Å². The summed E-state index contributed by atoms with van der Waals surface area (Å²) < 4.78 is 27.4. The van der Waals surface area contributed by atoms with E-state index in [9.17, 15) is 0 Å². The summed E-state index contributed by atoms with van der Waals surface area (Å²) in [6.07, 6.45) is 15.5. The van der Waals surface area contributed by atoms with Crippen LogP contribution in [0.4, 0.5) is 0 Å². The van der Waals surface area contributed by atoms with Crippen molar-refractivity contribution in [2.75, 3.05) is 51.5 Å². The van der Waals surface area contributed by atoms with E-state index in [0.717, 1.165) is 97.4 Å². The van der Waals surface area contributed by atoms with E-state index >= 15 is 0 Å². The standard InChI is InChI=1S/C48H64O4S4/c1-9-13-49-45-37-17-33(29-53-5)18-38(45)26-40-20-35(31-55-7)22-42(47(40)51-15-11-3)28-44-24-36(32-56-8)23-43(48(44)52-16-12-4)27-41-21-34(30-54-6)19-39(25-37)46(41)50-14-10-2/h17-24H,9-16,25-32H2,1-8H3.